The van der Waals surface area contributed by atoms with Gasteiger partial charge in [0.1, 0.15) is 0 Å². The van der Waals surface area contributed by atoms with E-state index in [1.807, 2.05) is 30.4 Å². The zero-order valence-corrected chi connectivity index (χ0v) is 18.1. The summed E-state index contributed by atoms with van der Waals surface area (Å²) in [5, 5.41) is 16.4. The van der Waals surface area contributed by atoms with E-state index in [9.17, 15) is 5.11 Å². The SMILES string of the molecule is [O-]/C(OC/C=C/C1CCCCC1)=C1/C=CC=C1P(c1ccccc1)c1ccccc1. The summed E-state index contributed by atoms with van der Waals surface area (Å²) in [4.78, 5) is 0. The first-order valence-corrected chi connectivity index (χ1v) is 12.2. The molecule has 0 radical (unpaired) electrons. The molecule has 0 amide bonds. The minimum absolute atomic E-state index is 0.234. The molecule has 3 heteroatoms. The van der Waals surface area contributed by atoms with Gasteiger partial charge in [-0.3, -0.25) is 0 Å². The fraction of sp³-hybridized carbons (Fsp3) is 0.259. The quantitative estimate of drug-likeness (QED) is 0.349. The van der Waals surface area contributed by atoms with Crippen LogP contribution in [-0.2, 0) is 4.74 Å². The zero-order valence-electron chi connectivity index (χ0n) is 17.2. The molecule has 30 heavy (non-hydrogen) atoms. The smallest absolute Gasteiger partial charge is 0.0596 e. The Morgan fingerprint density at radius 1 is 0.933 bits per heavy atom. The van der Waals surface area contributed by atoms with Gasteiger partial charge in [0.05, 0.1) is 5.95 Å². The highest BCUT2D eigenvalue weighted by Crippen LogP contribution is 2.49. The first-order chi connectivity index (χ1) is 14.8. The summed E-state index contributed by atoms with van der Waals surface area (Å²) in [7, 11) is -0.810. The van der Waals surface area contributed by atoms with Crippen molar-refractivity contribution in [3.8, 4) is 0 Å². The van der Waals surface area contributed by atoms with Gasteiger partial charge in [0.25, 0.3) is 0 Å². The molecule has 2 aliphatic carbocycles. The number of ether oxygens (including phenoxy) is 1. The third kappa shape index (κ3) is 5.12. The molecule has 2 nitrogen and oxygen atoms in total. The summed E-state index contributed by atoms with van der Waals surface area (Å²) in [6.07, 6.45) is 16.7. The molecule has 154 valence electrons. The van der Waals surface area contributed by atoms with Gasteiger partial charge in [-0.1, -0.05) is 110 Å². The first kappa shape index (κ1) is 20.7. The highest BCUT2D eigenvalue weighted by molar-refractivity contribution is 7.77. The Balaban J connectivity index is 1.52. The Bertz CT molecular complexity index is 896. The van der Waals surface area contributed by atoms with Crippen molar-refractivity contribution >= 4 is 18.5 Å². The molecule has 0 aromatic heterocycles. The molecule has 0 spiro atoms. The molecule has 0 unspecified atom stereocenters. The normalized spacial score (nSPS) is 18.8. The molecule has 0 atom stereocenters. The standard InChI is InChI=1S/C27H29O2P/c28-27(29-21-11-14-22-12-4-1-5-13-22)25-19-10-20-26(25)30(23-15-6-2-7-16-23)24-17-8-3-9-18-24/h2-3,6-11,14-20,22,28H,1,4-5,12-13,21H2/p-1/b14-11+,27-25+. The van der Waals surface area contributed by atoms with E-state index in [1.54, 1.807) is 0 Å². The van der Waals surface area contributed by atoms with E-state index in [4.69, 9.17) is 4.74 Å². The minimum atomic E-state index is -0.810. The molecule has 0 N–H and O–H groups in total. The summed E-state index contributed by atoms with van der Waals surface area (Å²) in [6, 6.07) is 20.9. The van der Waals surface area contributed by atoms with Crippen LogP contribution < -0.4 is 15.7 Å². The lowest BCUT2D eigenvalue weighted by atomic mass is 9.89. The van der Waals surface area contributed by atoms with Crippen molar-refractivity contribution < 1.29 is 9.84 Å². The van der Waals surface area contributed by atoms with Crippen LogP contribution in [0.1, 0.15) is 32.1 Å². The van der Waals surface area contributed by atoms with E-state index in [1.165, 1.54) is 42.7 Å². The van der Waals surface area contributed by atoms with Gasteiger partial charge in [-0.25, -0.2) is 0 Å². The van der Waals surface area contributed by atoms with Gasteiger partial charge in [-0.05, 0) is 42.6 Å². The monoisotopic (exact) mass is 415 g/mol. The van der Waals surface area contributed by atoms with Crippen LogP contribution in [0.25, 0.3) is 0 Å². The Morgan fingerprint density at radius 3 is 2.20 bits per heavy atom. The summed E-state index contributed by atoms with van der Waals surface area (Å²) < 4.78 is 5.62. The van der Waals surface area contributed by atoms with Crippen molar-refractivity contribution in [3.63, 3.8) is 0 Å². The van der Waals surface area contributed by atoms with E-state index in [-0.39, 0.29) is 5.95 Å². The molecule has 0 saturated heterocycles. The molecule has 2 aromatic rings. The lowest BCUT2D eigenvalue weighted by molar-refractivity contribution is -0.356. The molecule has 4 rings (SSSR count). The molecular formula is C27H28O2P-. The lowest BCUT2D eigenvalue weighted by Crippen LogP contribution is -2.16. The highest BCUT2D eigenvalue weighted by Gasteiger charge is 2.23. The van der Waals surface area contributed by atoms with Crippen LogP contribution in [0.2, 0.25) is 0 Å². The van der Waals surface area contributed by atoms with Gasteiger partial charge in [-0.2, -0.15) is 0 Å². The third-order valence-electron chi connectivity index (χ3n) is 5.65. The summed E-state index contributed by atoms with van der Waals surface area (Å²) >= 11 is 0. The van der Waals surface area contributed by atoms with Gasteiger partial charge < -0.3 is 9.84 Å². The minimum Gasteiger partial charge on any atom is -0.609 e. The molecule has 0 heterocycles. The molecule has 0 aliphatic heterocycles. The Kier molecular flexibility index (Phi) is 7.21. The van der Waals surface area contributed by atoms with Crippen LogP contribution in [0, 0.1) is 5.92 Å². The Hall–Kier alpha value is -2.57. The Morgan fingerprint density at radius 2 is 1.57 bits per heavy atom. The van der Waals surface area contributed by atoms with Crippen LogP contribution in [0.4, 0.5) is 0 Å². The Labute approximate surface area is 181 Å². The molecule has 2 aliphatic rings. The van der Waals surface area contributed by atoms with Gasteiger partial charge >= 0.3 is 0 Å². The van der Waals surface area contributed by atoms with Crippen molar-refractivity contribution in [3.05, 3.63) is 108 Å². The predicted molar refractivity (Wildman–Crippen MR) is 125 cm³/mol. The molecule has 2 aromatic carbocycles. The van der Waals surface area contributed by atoms with Crippen LogP contribution in [0.3, 0.4) is 0 Å². The second-order valence-electron chi connectivity index (χ2n) is 7.76. The maximum absolute atomic E-state index is 12.9. The van der Waals surface area contributed by atoms with Gasteiger partial charge in [0, 0.05) is 12.2 Å². The van der Waals surface area contributed by atoms with Crippen LogP contribution in [0.15, 0.2) is 108 Å². The molecule has 1 fully saturated rings. The highest BCUT2D eigenvalue weighted by atomic mass is 31.1. The third-order valence-corrected chi connectivity index (χ3v) is 8.15. The fourth-order valence-electron chi connectivity index (χ4n) is 4.14. The van der Waals surface area contributed by atoms with E-state index in [2.05, 4.69) is 60.7 Å². The van der Waals surface area contributed by atoms with Crippen molar-refractivity contribution in [1.29, 1.82) is 0 Å². The molecule has 1 saturated carbocycles. The predicted octanol–water partition coefficient (Wildman–Crippen LogP) is 5.30. The summed E-state index contributed by atoms with van der Waals surface area (Å²) in [5.74, 6) is 0.415. The fourth-order valence-corrected chi connectivity index (χ4v) is 6.57. The lowest BCUT2D eigenvalue weighted by Gasteiger charge is -2.25. The van der Waals surface area contributed by atoms with Gasteiger partial charge in [0.15, 0.2) is 0 Å². The largest absolute Gasteiger partial charge is 0.609 e. The van der Waals surface area contributed by atoms with Gasteiger partial charge in [0.2, 0.25) is 0 Å². The van der Waals surface area contributed by atoms with Crippen LogP contribution in [0.5, 0.6) is 0 Å². The average molecular weight is 415 g/mol. The number of hydrogen-bond donors (Lipinski definition) is 0. The number of benzene rings is 2. The number of hydrogen-bond acceptors (Lipinski definition) is 2. The van der Waals surface area contributed by atoms with E-state index in [0.29, 0.717) is 18.1 Å². The average Bonchev–Trinajstić information content (AvgIpc) is 3.28. The second kappa shape index (κ2) is 10.5. The maximum atomic E-state index is 12.9. The molecular weight excluding hydrogens is 387 g/mol. The summed E-state index contributed by atoms with van der Waals surface area (Å²) in [5.41, 5.74) is 0.680. The number of allylic oxidation sites excluding steroid dienone is 6. The molecule has 0 bridgehead atoms. The van der Waals surface area contributed by atoms with Crippen molar-refractivity contribution in [2.75, 3.05) is 6.61 Å². The summed E-state index contributed by atoms with van der Waals surface area (Å²) in [6.45, 7) is 0.342. The van der Waals surface area contributed by atoms with Crippen molar-refractivity contribution in [2.45, 2.75) is 32.1 Å². The zero-order chi connectivity index (χ0) is 20.6. The van der Waals surface area contributed by atoms with Crippen LogP contribution in [-0.4, -0.2) is 6.61 Å². The number of rotatable bonds is 7. The van der Waals surface area contributed by atoms with Crippen molar-refractivity contribution in [1.82, 2.24) is 0 Å². The van der Waals surface area contributed by atoms with E-state index >= 15 is 0 Å². The van der Waals surface area contributed by atoms with Gasteiger partial charge in [-0.15, -0.1) is 0 Å². The topological polar surface area (TPSA) is 32.3 Å². The maximum Gasteiger partial charge on any atom is 0.0596 e. The second-order valence-corrected chi connectivity index (χ2v) is 9.94. The van der Waals surface area contributed by atoms with E-state index < -0.39 is 7.92 Å². The van der Waals surface area contributed by atoms with E-state index in [0.717, 1.165) is 5.31 Å². The first-order valence-electron chi connectivity index (χ1n) is 10.8. The van der Waals surface area contributed by atoms with Crippen molar-refractivity contribution in [2.24, 2.45) is 5.92 Å². The van der Waals surface area contributed by atoms with Crippen LogP contribution >= 0.6 is 7.92 Å².